The molecule has 27 heavy (non-hydrogen) atoms. The molecule has 0 unspecified atom stereocenters. The van der Waals surface area contributed by atoms with Crippen molar-refractivity contribution < 1.29 is 0 Å². The van der Waals surface area contributed by atoms with Gasteiger partial charge in [0.15, 0.2) is 0 Å². The Morgan fingerprint density at radius 2 is 1.63 bits per heavy atom. The molecule has 0 atom stereocenters. The minimum atomic E-state index is 0.0170. The molecule has 0 aliphatic carbocycles. The van der Waals surface area contributed by atoms with Crippen LogP contribution in [0.15, 0.2) is 77.7 Å². The van der Waals surface area contributed by atoms with Gasteiger partial charge in [-0.15, -0.1) is 0 Å². The predicted molar refractivity (Wildman–Crippen MR) is 109 cm³/mol. The summed E-state index contributed by atoms with van der Waals surface area (Å²) in [6.45, 7) is 2.65. The van der Waals surface area contributed by atoms with E-state index in [1.807, 2.05) is 69.8 Å². The van der Waals surface area contributed by atoms with Crippen molar-refractivity contribution in [3.63, 3.8) is 0 Å². The van der Waals surface area contributed by atoms with E-state index in [9.17, 15) is 4.79 Å². The largest absolute Gasteiger partial charge is 0.287 e. The van der Waals surface area contributed by atoms with Crippen molar-refractivity contribution in [2.45, 2.75) is 19.9 Å². The number of imidazole rings is 1. The molecule has 2 aromatic carbocycles. The van der Waals surface area contributed by atoms with E-state index >= 15 is 0 Å². The van der Waals surface area contributed by atoms with Gasteiger partial charge in [0.2, 0.25) is 0 Å². The molecular formula is C23H19N3O. The first-order chi connectivity index (χ1) is 13.3. The van der Waals surface area contributed by atoms with Crippen LogP contribution in [0.5, 0.6) is 0 Å². The molecule has 3 aromatic heterocycles. The number of aryl methyl sites for hydroxylation is 1. The van der Waals surface area contributed by atoms with E-state index < -0.39 is 0 Å². The van der Waals surface area contributed by atoms with Crippen LogP contribution in [-0.2, 0) is 13.0 Å². The Bertz CT molecular complexity index is 1350. The van der Waals surface area contributed by atoms with E-state index in [2.05, 4.69) is 19.1 Å². The van der Waals surface area contributed by atoms with Crippen LogP contribution in [-0.4, -0.2) is 14.0 Å². The zero-order valence-corrected chi connectivity index (χ0v) is 15.1. The van der Waals surface area contributed by atoms with E-state index in [4.69, 9.17) is 4.98 Å². The van der Waals surface area contributed by atoms with E-state index in [1.165, 1.54) is 5.56 Å². The van der Waals surface area contributed by atoms with Crippen LogP contribution < -0.4 is 5.56 Å². The van der Waals surface area contributed by atoms with Gasteiger partial charge in [0.05, 0.1) is 6.54 Å². The Kier molecular flexibility index (Phi) is 3.57. The van der Waals surface area contributed by atoms with Crippen molar-refractivity contribution in [1.29, 1.82) is 0 Å². The van der Waals surface area contributed by atoms with Crippen LogP contribution in [0.1, 0.15) is 18.1 Å². The zero-order chi connectivity index (χ0) is 18.4. The Labute approximate surface area is 156 Å². The first-order valence-corrected chi connectivity index (χ1v) is 9.22. The molecule has 132 valence electrons. The summed E-state index contributed by atoms with van der Waals surface area (Å²) in [7, 11) is 0. The minimum absolute atomic E-state index is 0.0170. The molecule has 4 nitrogen and oxygen atoms in total. The van der Waals surface area contributed by atoms with Crippen molar-refractivity contribution in [3.8, 4) is 0 Å². The fourth-order valence-electron chi connectivity index (χ4n) is 3.76. The van der Waals surface area contributed by atoms with Crippen molar-refractivity contribution in [2.24, 2.45) is 0 Å². The smallest absolute Gasteiger partial charge is 0.260 e. The average Bonchev–Trinajstić information content (AvgIpc) is 3.10. The van der Waals surface area contributed by atoms with E-state index in [0.29, 0.717) is 11.9 Å². The standard InChI is InChI=1S/C23H19N3O/c1-2-16-12-13-25-20(14-16)24-21-18-10-6-7-11-19(18)23(27)26(22(21)25)15-17-8-4-3-5-9-17/h3-14H,2,15H2,1H3. The average molecular weight is 353 g/mol. The fraction of sp³-hybridized carbons (Fsp3) is 0.130. The van der Waals surface area contributed by atoms with Gasteiger partial charge < -0.3 is 0 Å². The molecule has 5 aromatic rings. The molecule has 4 heteroatoms. The van der Waals surface area contributed by atoms with Crippen LogP contribution in [0.2, 0.25) is 0 Å². The number of nitrogens with zero attached hydrogens (tertiary/aromatic N) is 3. The van der Waals surface area contributed by atoms with Gasteiger partial charge in [0.25, 0.3) is 5.56 Å². The highest BCUT2D eigenvalue weighted by atomic mass is 16.1. The van der Waals surface area contributed by atoms with E-state index in [1.54, 1.807) is 0 Å². The van der Waals surface area contributed by atoms with Gasteiger partial charge in [-0.2, -0.15) is 0 Å². The van der Waals surface area contributed by atoms with Crippen molar-refractivity contribution in [2.75, 3.05) is 0 Å². The van der Waals surface area contributed by atoms with Crippen LogP contribution in [0.25, 0.3) is 27.6 Å². The molecule has 5 rings (SSSR count). The molecule has 0 spiro atoms. The zero-order valence-electron chi connectivity index (χ0n) is 15.1. The summed E-state index contributed by atoms with van der Waals surface area (Å²) in [5, 5.41) is 1.61. The maximum atomic E-state index is 13.3. The lowest BCUT2D eigenvalue weighted by Gasteiger charge is -2.11. The summed E-state index contributed by atoms with van der Waals surface area (Å²) in [4.78, 5) is 18.2. The Hall–Kier alpha value is -3.40. The Balaban J connectivity index is 1.93. The summed E-state index contributed by atoms with van der Waals surface area (Å²) in [5.74, 6) is 0. The molecular weight excluding hydrogens is 334 g/mol. The quantitative estimate of drug-likeness (QED) is 0.482. The third kappa shape index (κ3) is 2.45. The lowest BCUT2D eigenvalue weighted by molar-refractivity contribution is 0.786. The molecule has 3 heterocycles. The first kappa shape index (κ1) is 15.8. The molecule has 0 fully saturated rings. The Morgan fingerprint density at radius 3 is 2.41 bits per heavy atom. The van der Waals surface area contributed by atoms with Crippen molar-refractivity contribution in [3.05, 3.63) is 94.4 Å². The molecule has 0 aliphatic heterocycles. The number of fused-ring (bicyclic) bond motifs is 5. The van der Waals surface area contributed by atoms with Gasteiger partial charge >= 0.3 is 0 Å². The predicted octanol–water partition coefficient (Wildman–Crippen LogP) is 4.41. The van der Waals surface area contributed by atoms with Gasteiger partial charge in [-0.3, -0.25) is 13.8 Å². The normalized spacial score (nSPS) is 11.6. The maximum absolute atomic E-state index is 13.3. The molecule has 0 N–H and O–H groups in total. The summed E-state index contributed by atoms with van der Waals surface area (Å²) in [5.41, 5.74) is 4.94. The van der Waals surface area contributed by atoms with Crippen LogP contribution in [0, 0.1) is 0 Å². The lowest BCUT2D eigenvalue weighted by Crippen LogP contribution is -2.22. The molecule has 0 bridgehead atoms. The van der Waals surface area contributed by atoms with Gasteiger partial charge in [-0.1, -0.05) is 55.5 Å². The first-order valence-electron chi connectivity index (χ1n) is 9.22. The number of aromatic nitrogens is 3. The summed E-state index contributed by atoms with van der Waals surface area (Å²) in [6.07, 6.45) is 2.98. The summed E-state index contributed by atoms with van der Waals surface area (Å²) < 4.78 is 3.88. The Morgan fingerprint density at radius 1 is 0.889 bits per heavy atom. The topological polar surface area (TPSA) is 39.3 Å². The molecule has 0 aliphatic rings. The highest BCUT2D eigenvalue weighted by Crippen LogP contribution is 2.25. The monoisotopic (exact) mass is 353 g/mol. The van der Waals surface area contributed by atoms with Crippen molar-refractivity contribution in [1.82, 2.24) is 14.0 Å². The third-order valence-corrected chi connectivity index (χ3v) is 5.17. The number of hydrogen-bond acceptors (Lipinski definition) is 2. The number of rotatable bonds is 3. The van der Waals surface area contributed by atoms with Crippen LogP contribution in [0.4, 0.5) is 0 Å². The number of hydrogen-bond donors (Lipinski definition) is 0. The number of pyridine rings is 2. The van der Waals surface area contributed by atoms with Gasteiger partial charge in [-0.05, 0) is 35.7 Å². The second kappa shape index (κ2) is 6.09. The van der Waals surface area contributed by atoms with Crippen LogP contribution >= 0.6 is 0 Å². The molecule has 0 amide bonds. The van der Waals surface area contributed by atoms with Gasteiger partial charge in [0, 0.05) is 17.0 Å². The fourth-order valence-corrected chi connectivity index (χ4v) is 3.76. The lowest BCUT2D eigenvalue weighted by atomic mass is 10.1. The number of benzene rings is 2. The second-order valence-electron chi connectivity index (χ2n) is 6.82. The summed E-state index contributed by atoms with van der Waals surface area (Å²) >= 11 is 0. The maximum Gasteiger partial charge on any atom is 0.260 e. The molecule has 0 saturated heterocycles. The highest BCUT2D eigenvalue weighted by Gasteiger charge is 2.16. The van der Waals surface area contributed by atoms with Crippen LogP contribution in [0.3, 0.4) is 0 Å². The van der Waals surface area contributed by atoms with E-state index in [0.717, 1.165) is 34.2 Å². The SMILES string of the molecule is CCc1ccn2c(c1)nc1c3ccccc3c(=O)n(Cc3ccccc3)c12. The van der Waals surface area contributed by atoms with Gasteiger partial charge in [-0.25, -0.2) is 4.98 Å². The van der Waals surface area contributed by atoms with Crippen molar-refractivity contribution >= 4 is 27.6 Å². The minimum Gasteiger partial charge on any atom is -0.287 e. The third-order valence-electron chi connectivity index (χ3n) is 5.17. The second-order valence-corrected chi connectivity index (χ2v) is 6.82. The molecule has 0 saturated carbocycles. The van der Waals surface area contributed by atoms with E-state index in [-0.39, 0.29) is 5.56 Å². The molecule has 0 radical (unpaired) electrons. The highest BCUT2D eigenvalue weighted by molar-refractivity contribution is 6.03. The van der Waals surface area contributed by atoms with Gasteiger partial charge in [0.1, 0.15) is 16.8 Å². The summed E-state index contributed by atoms with van der Waals surface area (Å²) in [6, 6.07) is 22.0.